The van der Waals surface area contributed by atoms with Gasteiger partial charge in [0.15, 0.2) is 0 Å². The predicted molar refractivity (Wildman–Crippen MR) is 119 cm³/mol. The molecule has 37 heavy (non-hydrogen) atoms. The highest BCUT2D eigenvalue weighted by Crippen LogP contribution is 2.31. The summed E-state index contributed by atoms with van der Waals surface area (Å²) in [6.45, 7) is -0.495. The third-order valence-electron chi connectivity index (χ3n) is 4.41. The van der Waals surface area contributed by atoms with E-state index in [1.165, 1.54) is 7.11 Å². The predicted octanol–water partition coefficient (Wildman–Crippen LogP) is -0.374. The number of aliphatic carboxylic acids is 1. The van der Waals surface area contributed by atoms with Gasteiger partial charge >= 0.3 is 24.1 Å². The Hall–Kier alpha value is -3.73. The molecule has 1 aromatic rings. The molecule has 1 aliphatic rings. The third-order valence-corrected chi connectivity index (χ3v) is 5.47. The second-order valence-corrected chi connectivity index (χ2v) is 8.18. The molecular formula is C20H24F3N3O10S. The number of esters is 2. The minimum Gasteiger partial charge on any atom is -0.508 e. The van der Waals surface area contributed by atoms with Crippen LogP contribution in [-0.4, -0.2) is 89.3 Å². The molecule has 0 aromatic heterocycles. The number of thioether (sulfide) groups is 1. The van der Waals surface area contributed by atoms with Crippen molar-refractivity contribution in [2.24, 2.45) is 5.73 Å². The van der Waals surface area contributed by atoms with E-state index in [2.05, 4.69) is 10.6 Å². The largest absolute Gasteiger partial charge is 0.508 e. The van der Waals surface area contributed by atoms with E-state index >= 15 is 0 Å². The molecule has 0 fully saturated rings. The number of cyclic esters (lactones) is 1. The summed E-state index contributed by atoms with van der Waals surface area (Å²) in [5, 5.41) is 31.9. The van der Waals surface area contributed by atoms with Gasteiger partial charge in [-0.15, -0.1) is 0 Å². The molecule has 1 aromatic carbocycles. The summed E-state index contributed by atoms with van der Waals surface area (Å²) in [5.41, 5.74) is 5.44. The van der Waals surface area contributed by atoms with Crippen LogP contribution < -0.4 is 16.4 Å². The van der Waals surface area contributed by atoms with Gasteiger partial charge in [0.1, 0.15) is 30.2 Å². The number of methoxy groups -OCH3 is 1. The second kappa shape index (κ2) is 14.1. The van der Waals surface area contributed by atoms with Crippen LogP contribution in [0, 0.1) is 0 Å². The number of carbonyl (C=O) groups is 5. The summed E-state index contributed by atoms with van der Waals surface area (Å²) in [6.07, 6.45) is -5.14. The monoisotopic (exact) mass is 555 g/mol. The van der Waals surface area contributed by atoms with E-state index < -0.39 is 54.6 Å². The van der Waals surface area contributed by atoms with E-state index in [-0.39, 0.29) is 47.1 Å². The molecule has 2 atom stereocenters. The zero-order valence-corrected chi connectivity index (χ0v) is 20.0. The standard InChI is InChI=1S/C18H23N3O8S.C2HF3O2/c1-28-18(27)13-8-30-7-11-10(4-9(22)5-14(11)23)17(26)29-6-12(16(25)21-13)20-15(24)2-3-19;3-2(4,5)1(6)7/h4-5,12-13,22-23H,2-3,6-8,19H2,1H3,(H,20,24)(H,21,25);(H,6,7)/t12-,13-;/m0./s1. The number of ether oxygens (including phenoxy) is 2. The van der Waals surface area contributed by atoms with Crippen LogP contribution in [0.5, 0.6) is 11.5 Å². The topological polar surface area (TPSA) is 215 Å². The molecule has 1 heterocycles. The number of nitrogens with two attached hydrogens (primary N) is 1. The number of hydrogen-bond donors (Lipinski definition) is 6. The van der Waals surface area contributed by atoms with Crippen LogP contribution in [0.4, 0.5) is 13.2 Å². The summed E-state index contributed by atoms with van der Waals surface area (Å²) >= 11 is 1.14. The fraction of sp³-hybridized carbons (Fsp3) is 0.450. The van der Waals surface area contributed by atoms with Gasteiger partial charge in [0.2, 0.25) is 11.8 Å². The van der Waals surface area contributed by atoms with E-state index in [0.29, 0.717) is 0 Å². The number of aromatic hydroxyl groups is 2. The molecule has 1 aliphatic heterocycles. The number of carbonyl (C=O) groups excluding carboxylic acids is 4. The Kier molecular flexibility index (Phi) is 11.9. The summed E-state index contributed by atoms with van der Waals surface area (Å²) in [7, 11) is 1.17. The Morgan fingerprint density at radius 3 is 2.43 bits per heavy atom. The molecule has 206 valence electrons. The van der Waals surface area contributed by atoms with Crippen molar-refractivity contribution in [1.29, 1.82) is 0 Å². The van der Waals surface area contributed by atoms with Crippen LogP contribution in [0.2, 0.25) is 0 Å². The maximum atomic E-state index is 12.6. The lowest BCUT2D eigenvalue weighted by molar-refractivity contribution is -0.192. The maximum absolute atomic E-state index is 12.6. The second-order valence-electron chi connectivity index (χ2n) is 7.15. The molecular weight excluding hydrogens is 531 g/mol. The number of rotatable bonds is 4. The van der Waals surface area contributed by atoms with Crippen LogP contribution in [0.25, 0.3) is 0 Å². The number of hydrogen-bond acceptors (Lipinski definition) is 11. The van der Waals surface area contributed by atoms with Crippen LogP contribution >= 0.6 is 11.8 Å². The lowest BCUT2D eigenvalue weighted by Crippen LogP contribution is -2.54. The zero-order valence-electron chi connectivity index (χ0n) is 19.2. The molecule has 0 saturated carbocycles. The fourth-order valence-corrected chi connectivity index (χ4v) is 3.74. The van der Waals surface area contributed by atoms with Gasteiger partial charge in [-0.3, -0.25) is 9.59 Å². The number of phenolic OH excluding ortho intramolecular Hbond substituents is 2. The van der Waals surface area contributed by atoms with Crippen molar-refractivity contribution < 1.29 is 61.9 Å². The van der Waals surface area contributed by atoms with Gasteiger partial charge < -0.3 is 41.2 Å². The Bertz CT molecular complexity index is 1020. The third kappa shape index (κ3) is 10.0. The molecule has 0 spiro atoms. The Labute approximate surface area is 211 Å². The van der Waals surface area contributed by atoms with Crippen molar-refractivity contribution in [1.82, 2.24) is 10.6 Å². The van der Waals surface area contributed by atoms with E-state index in [1.54, 1.807) is 0 Å². The van der Waals surface area contributed by atoms with Gasteiger partial charge in [-0.25, -0.2) is 14.4 Å². The number of benzene rings is 1. The highest BCUT2D eigenvalue weighted by atomic mass is 32.2. The highest BCUT2D eigenvalue weighted by molar-refractivity contribution is 7.98. The van der Waals surface area contributed by atoms with Gasteiger partial charge in [-0.05, 0) is 6.07 Å². The quantitative estimate of drug-likeness (QED) is 0.262. The van der Waals surface area contributed by atoms with Crippen LogP contribution in [0.3, 0.4) is 0 Å². The van der Waals surface area contributed by atoms with E-state index in [1.807, 2.05) is 0 Å². The van der Waals surface area contributed by atoms with Crippen molar-refractivity contribution in [2.75, 3.05) is 26.0 Å². The minimum atomic E-state index is -5.08. The normalized spacial score (nSPS) is 18.3. The van der Waals surface area contributed by atoms with Gasteiger partial charge in [0.05, 0.1) is 12.7 Å². The number of alkyl halides is 3. The molecule has 0 radical (unpaired) electrons. The van der Waals surface area contributed by atoms with Crippen molar-refractivity contribution in [2.45, 2.75) is 30.4 Å². The SMILES string of the molecule is COC(=O)[C@@H]1CSCc2c(O)cc(O)cc2C(=O)OC[C@H](NC(=O)CCN)C(=O)N1.O=C(O)C(F)(F)F. The average Bonchev–Trinajstić information content (AvgIpc) is 2.80. The van der Waals surface area contributed by atoms with Gasteiger partial charge in [0, 0.05) is 36.1 Å². The summed E-state index contributed by atoms with van der Waals surface area (Å²) in [4.78, 5) is 58.0. The lowest BCUT2D eigenvalue weighted by Gasteiger charge is -2.23. The smallest absolute Gasteiger partial charge is 0.490 e. The first-order valence-electron chi connectivity index (χ1n) is 10.2. The number of fused-ring (bicyclic) bond motifs is 1. The van der Waals surface area contributed by atoms with Gasteiger partial charge in [-0.1, -0.05) is 0 Å². The number of nitrogens with one attached hydrogen (secondary N) is 2. The molecule has 0 aliphatic carbocycles. The molecule has 17 heteroatoms. The molecule has 0 unspecified atom stereocenters. The lowest BCUT2D eigenvalue weighted by atomic mass is 10.1. The number of carboxylic acids is 1. The molecule has 0 saturated heterocycles. The maximum Gasteiger partial charge on any atom is 0.490 e. The van der Waals surface area contributed by atoms with E-state index in [0.717, 1.165) is 23.9 Å². The van der Waals surface area contributed by atoms with Crippen molar-refractivity contribution in [3.63, 3.8) is 0 Å². The van der Waals surface area contributed by atoms with Crippen LogP contribution in [0.15, 0.2) is 12.1 Å². The first kappa shape index (κ1) is 31.3. The number of phenols is 2. The molecule has 13 nitrogen and oxygen atoms in total. The summed E-state index contributed by atoms with van der Waals surface area (Å²) < 4.78 is 41.6. The first-order valence-corrected chi connectivity index (χ1v) is 11.3. The minimum absolute atomic E-state index is 0.0489. The highest BCUT2D eigenvalue weighted by Gasteiger charge is 2.38. The Morgan fingerprint density at radius 2 is 1.89 bits per heavy atom. The molecule has 7 N–H and O–H groups in total. The van der Waals surface area contributed by atoms with Crippen molar-refractivity contribution in [3.8, 4) is 11.5 Å². The van der Waals surface area contributed by atoms with Crippen LogP contribution in [-0.2, 0) is 34.4 Å². The summed E-state index contributed by atoms with van der Waals surface area (Å²) in [5.74, 6) is -6.15. The average molecular weight is 555 g/mol. The van der Waals surface area contributed by atoms with E-state index in [4.69, 9.17) is 25.1 Å². The van der Waals surface area contributed by atoms with Crippen LogP contribution in [0.1, 0.15) is 22.3 Å². The van der Waals surface area contributed by atoms with E-state index in [9.17, 15) is 42.6 Å². The van der Waals surface area contributed by atoms with Gasteiger partial charge in [-0.2, -0.15) is 24.9 Å². The summed E-state index contributed by atoms with van der Waals surface area (Å²) in [6, 6.07) is -0.129. The number of carboxylic acid groups (broad SMARTS) is 1. The van der Waals surface area contributed by atoms with Crippen molar-refractivity contribution >= 4 is 41.5 Å². The Balaban J connectivity index is 0.000000856. The molecule has 2 rings (SSSR count). The first-order chi connectivity index (χ1) is 17.2. The zero-order chi connectivity index (χ0) is 28.3. The number of amides is 2. The van der Waals surface area contributed by atoms with Gasteiger partial charge in [0.25, 0.3) is 0 Å². The molecule has 0 bridgehead atoms. The Morgan fingerprint density at radius 1 is 1.27 bits per heavy atom. The van der Waals surface area contributed by atoms with Crippen molar-refractivity contribution in [3.05, 3.63) is 23.3 Å². The molecule has 2 amide bonds. The fourth-order valence-electron chi connectivity index (χ4n) is 2.65. The number of halogens is 3.